The number of aliphatic hydroxyl groups is 1. The molecule has 3 unspecified atom stereocenters. The van der Waals surface area contributed by atoms with Gasteiger partial charge in [0.05, 0.1) is 12.7 Å². The molecule has 0 saturated heterocycles. The van der Waals surface area contributed by atoms with Crippen LogP contribution in [0.3, 0.4) is 0 Å². The van der Waals surface area contributed by atoms with E-state index in [1.54, 1.807) is 12.1 Å². The second-order valence-corrected chi connectivity index (χ2v) is 4.93. The minimum atomic E-state index is -0.581. The summed E-state index contributed by atoms with van der Waals surface area (Å²) in [5.41, 5.74) is 0.743. The molecule has 0 fully saturated rings. The summed E-state index contributed by atoms with van der Waals surface area (Å²) < 4.78 is 18.1. The zero-order valence-electron chi connectivity index (χ0n) is 11.9. The van der Waals surface area contributed by atoms with Gasteiger partial charge in [-0.3, -0.25) is 0 Å². The van der Waals surface area contributed by atoms with Crippen molar-refractivity contribution in [3.63, 3.8) is 0 Å². The first-order chi connectivity index (χ1) is 9.02. The molecule has 3 atom stereocenters. The van der Waals surface area contributed by atoms with Gasteiger partial charge in [-0.1, -0.05) is 12.1 Å². The Labute approximate surface area is 114 Å². The largest absolute Gasteiger partial charge is 0.388 e. The minimum absolute atomic E-state index is 0.163. The van der Waals surface area contributed by atoms with E-state index in [1.807, 2.05) is 13.8 Å². The summed E-state index contributed by atoms with van der Waals surface area (Å²) in [6, 6.07) is 6.39. The van der Waals surface area contributed by atoms with Gasteiger partial charge in [-0.05, 0) is 44.9 Å². The molecule has 3 nitrogen and oxygen atoms in total. The van der Waals surface area contributed by atoms with Crippen LogP contribution in [0.2, 0.25) is 0 Å². The van der Waals surface area contributed by atoms with Crippen LogP contribution in [0.1, 0.15) is 38.9 Å². The highest BCUT2D eigenvalue weighted by atomic mass is 19.1. The fourth-order valence-electron chi connectivity index (χ4n) is 2.05. The van der Waals surface area contributed by atoms with E-state index in [4.69, 9.17) is 4.74 Å². The predicted octanol–water partition coefficient (Wildman–Crippen LogP) is 2.65. The molecule has 0 spiro atoms. The SMILES string of the molecule is CCOCC(C)NC(C)CC(O)c1ccc(F)cc1. The number of aliphatic hydroxyl groups excluding tert-OH is 1. The molecule has 19 heavy (non-hydrogen) atoms. The van der Waals surface area contributed by atoms with Crippen molar-refractivity contribution in [2.75, 3.05) is 13.2 Å². The van der Waals surface area contributed by atoms with Gasteiger partial charge in [-0.15, -0.1) is 0 Å². The minimum Gasteiger partial charge on any atom is -0.388 e. The molecule has 0 heterocycles. The van der Waals surface area contributed by atoms with Crippen LogP contribution in [0.25, 0.3) is 0 Å². The second kappa shape index (κ2) is 8.25. The van der Waals surface area contributed by atoms with E-state index < -0.39 is 6.10 Å². The number of ether oxygens (including phenoxy) is 1. The van der Waals surface area contributed by atoms with Crippen molar-refractivity contribution in [1.29, 1.82) is 0 Å². The molecule has 1 aromatic carbocycles. The Kier molecular flexibility index (Phi) is 6.99. The fourth-order valence-corrected chi connectivity index (χ4v) is 2.05. The Morgan fingerprint density at radius 2 is 1.84 bits per heavy atom. The summed E-state index contributed by atoms with van der Waals surface area (Å²) in [6.45, 7) is 7.41. The molecule has 0 bridgehead atoms. The maximum absolute atomic E-state index is 12.8. The van der Waals surface area contributed by atoms with E-state index in [0.717, 1.165) is 5.56 Å². The highest BCUT2D eigenvalue weighted by Gasteiger charge is 2.14. The highest BCUT2D eigenvalue weighted by Crippen LogP contribution is 2.18. The number of hydrogen-bond acceptors (Lipinski definition) is 3. The van der Waals surface area contributed by atoms with Crippen molar-refractivity contribution in [3.05, 3.63) is 35.6 Å². The number of rotatable bonds is 8. The van der Waals surface area contributed by atoms with Crippen LogP contribution in [0.15, 0.2) is 24.3 Å². The first-order valence-corrected chi connectivity index (χ1v) is 6.80. The Morgan fingerprint density at radius 1 is 1.21 bits per heavy atom. The molecule has 0 aliphatic carbocycles. The second-order valence-electron chi connectivity index (χ2n) is 4.93. The predicted molar refractivity (Wildman–Crippen MR) is 74.5 cm³/mol. The average molecular weight is 269 g/mol. The van der Waals surface area contributed by atoms with Crippen molar-refractivity contribution in [2.24, 2.45) is 0 Å². The van der Waals surface area contributed by atoms with E-state index >= 15 is 0 Å². The highest BCUT2D eigenvalue weighted by molar-refractivity contribution is 5.18. The van der Waals surface area contributed by atoms with Crippen LogP contribution >= 0.6 is 0 Å². The Hall–Kier alpha value is -0.970. The zero-order chi connectivity index (χ0) is 14.3. The summed E-state index contributed by atoms with van der Waals surface area (Å²) in [5, 5.41) is 13.4. The molecule has 4 heteroatoms. The van der Waals surface area contributed by atoms with Gasteiger partial charge in [0.15, 0.2) is 0 Å². The molecule has 1 aromatic rings. The van der Waals surface area contributed by atoms with E-state index in [9.17, 15) is 9.50 Å². The molecule has 1 rings (SSSR count). The quantitative estimate of drug-likeness (QED) is 0.762. The van der Waals surface area contributed by atoms with Crippen molar-refractivity contribution in [3.8, 4) is 0 Å². The molecule has 0 radical (unpaired) electrons. The van der Waals surface area contributed by atoms with Crippen LogP contribution in [0.5, 0.6) is 0 Å². The van der Waals surface area contributed by atoms with E-state index in [0.29, 0.717) is 19.6 Å². The monoisotopic (exact) mass is 269 g/mol. The summed E-state index contributed by atoms with van der Waals surface area (Å²) in [4.78, 5) is 0. The summed E-state index contributed by atoms with van der Waals surface area (Å²) in [6.07, 6.45) is 0.00430. The summed E-state index contributed by atoms with van der Waals surface area (Å²) in [5.74, 6) is -0.285. The molecule has 0 amide bonds. The number of benzene rings is 1. The Morgan fingerprint density at radius 3 is 2.42 bits per heavy atom. The van der Waals surface area contributed by atoms with Crippen LogP contribution in [0, 0.1) is 5.82 Å². The number of hydrogen-bond donors (Lipinski definition) is 2. The van der Waals surface area contributed by atoms with Gasteiger partial charge in [-0.25, -0.2) is 4.39 Å². The summed E-state index contributed by atoms with van der Waals surface area (Å²) >= 11 is 0. The fraction of sp³-hybridized carbons (Fsp3) is 0.600. The third-order valence-electron chi connectivity index (χ3n) is 2.97. The normalized spacial score (nSPS) is 16.1. The third-order valence-corrected chi connectivity index (χ3v) is 2.97. The lowest BCUT2D eigenvalue weighted by molar-refractivity contribution is 0.114. The molecular weight excluding hydrogens is 245 g/mol. The maximum Gasteiger partial charge on any atom is 0.123 e. The molecule has 0 saturated carbocycles. The van der Waals surface area contributed by atoms with Gasteiger partial charge in [0.1, 0.15) is 5.82 Å². The van der Waals surface area contributed by atoms with Crippen LogP contribution in [-0.2, 0) is 4.74 Å². The van der Waals surface area contributed by atoms with Crippen molar-refractivity contribution in [2.45, 2.75) is 45.4 Å². The number of nitrogens with one attached hydrogen (secondary N) is 1. The lowest BCUT2D eigenvalue weighted by Gasteiger charge is -2.22. The van der Waals surface area contributed by atoms with Gasteiger partial charge in [0.2, 0.25) is 0 Å². The smallest absolute Gasteiger partial charge is 0.123 e. The van der Waals surface area contributed by atoms with E-state index in [-0.39, 0.29) is 17.9 Å². The lowest BCUT2D eigenvalue weighted by atomic mass is 10.0. The lowest BCUT2D eigenvalue weighted by Crippen LogP contribution is -2.38. The standard InChI is InChI=1S/C15H24FNO2/c1-4-19-10-12(3)17-11(2)9-15(18)13-5-7-14(16)8-6-13/h5-8,11-12,15,17-18H,4,9-10H2,1-3H3. The zero-order valence-corrected chi connectivity index (χ0v) is 11.9. The molecule has 0 aliphatic rings. The number of halogens is 1. The molecule has 2 N–H and O–H groups in total. The molecule has 108 valence electrons. The summed E-state index contributed by atoms with van der Waals surface area (Å²) in [7, 11) is 0. The van der Waals surface area contributed by atoms with E-state index in [2.05, 4.69) is 12.2 Å². The van der Waals surface area contributed by atoms with Crippen molar-refractivity contribution >= 4 is 0 Å². The van der Waals surface area contributed by atoms with Gasteiger partial charge >= 0.3 is 0 Å². The molecule has 0 aromatic heterocycles. The van der Waals surface area contributed by atoms with Gasteiger partial charge in [0, 0.05) is 18.7 Å². The molecule has 0 aliphatic heterocycles. The van der Waals surface area contributed by atoms with Crippen LogP contribution in [-0.4, -0.2) is 30.4 Å². The van der Waals surface area contributed by atoms with Gasteiger partial charge in [-0.2, -0.15) is 0 Å². The topological polar surface area (TPSA) is 41.5 Å². The maximum atomic E-state index is 12.8. The van der Waals surface area contributed by atoms with Crippen molar-refractivity contribution < 1.29 is 14.2 Å². The van der Waals surface area contributed by atoms with E-state index in [1.165, 1.54) is 12.1 Å². The van der Waals surface area contributed by atoms with Crippen LogP contribution < -0.4 is 5.32 Å². The van der Waals surface area contributed by atoms with Gasteiger partial charge in [0.25, 0.3) is 0 Å². The average Bonchev–Trinajstić information content (AvgIpc) is 2.36. The third kappa shape index (κ3) is 6.14. The first-order valence-electron chi connectivity index (χ1n) is 6.80. The van der Waals surface area contributed by atoms with Gasteiger partial charge < -0.3 is 15.2 Å². The van der Waals surface area contributed by atoms with Crippen LogP contribution in [0.4, 0.5) is 4.39 Å². The Balaban J connectivity index is 2.38. The first kappa shape index (κ1) is 16.1. The molecular formula is C15H24FNO2. The van der Waals surface area contributed by atoms with Crippen molar-refractivity contribution in [1.82, 2.24) is 5.32 Å². The Bertz CT molecular complexity index is 356.